The van der Waals surface area contributed by atoms with Crippen molar-refractivity contribution in [3.8, 4) is 0 Å². The molecule has 0 aliphatic carbocycles. The van der Waals surface area contributed by atoms with Crippen molar-refractivity contribution in [1.82, 2.24) is 15.5 Å². The summed E-state index contributed by atoms with van der Waals surface area (Å²) >= 11 is 1.14. The summed E-state index contributed by atoms with van der Waals surface area (Å²) in [6, 6.07) is 4.21. The maximum atomic E-state index is 13.0. The molecule has 1 unspecified atom stereocenters. The van der Waals surface area contributed by atoms with E-state index in [1.807, 2.05) is 0 Å². The molecule has 25 heavy (non-hydrogen) atoms. The summed E-state index contributed by atoms with van der Waals surface area (Å²) in [6.45, 7) is 1.46. The molecule has 1 aromatic heterocycles. The van der Waals surface area contributed by atoms with Crippen molar-refractivity contribution >= 4 is 28.3 Å². The van der Waals surface area contributed by atoms with Gasteiger partial charge in [-0.25, -0.2) is 0 Å². The molecule has 6 nitrogen and oxygen atoms in total. The summed E-state index contributed by atoms with van der Waals surface area (Å²) in [5.74, 6) is -0.938. The fourth-order valence-corrected chi connectivity index (χ4v) is 2.62. The van der Waals surface area contributed by atoms with E-state index in [-0.39, 0.29) is 18.4 Å². The van der Waals surface area contributed by atoms with Crippen LogP contribution in [-0.4, -0.2) is 22.0 Å². The van der Waals surface area contributed by atoms with Gasteiger partial charge in [0.15, 0.2) is 0 Å². The predicted molar refractivity (Wildman–Crippen MR) is 85.8 cm³/mol. The summed E-state index contributed by atoms with van der Waals surface area (Å²) in [5, 5.41) is 12.5. The van der Waals surface area contributed by atoms with Crippen LogP contribution in [0.3, 0.4) is 0 Å². The number of nitrogens with zero attached hydrogens (tertiary/aromatic N) is 2. The first-order valence-electron chi connectivity index (χ1n) is 7.29. The Bertz CT molecular complexity index is 735. The van der Waals surface area contributed by atoms with Gasteiger partial charge in [-0.1, -0.05) is 29.5 Å². The molecule has 0 saturated carbocycles. The minimum absolute atomic E-state index is 0.0262. The van der Waals surface area contributed by atoms with Crippen molar-refractivity contribution in [3.05, 3.63) is 40.9 Å². The maximum absolute atomic E-state index is 13.0. The van der Waals surface area contributed by atoms with Crippen LogP contribution in [-0.2, 0) is 15.8 Å². The molecule has 2 N–H and O–H groups in total. The molecule has 0 bridgehead atoms. The highest BCUT2D eigenvalue weighted by molar-refractivity contribution is 7.13. The van der Waals surface area contributed by atoms with Gasteiger partial charge in [0.2, 0.25) is 16.9 Å². The first-order valence-corrected chi connectivity index (χ1v) is 8.17. The van der Waals surface area contributed by atoms with Crippen molar-refractivity contribution < 1.29 is 22.8 Å². The Labute approximate surface area is 145 Å². The molecule has 0 aliphatic rings. The van der Waals surface area contributed by atoms with Gasteiger partial charge in [-0.05, 0) is 18.6 Å². The van der Waals surface area contributed by atoms with E-state index in [4.69, 9.17) is 0 Å². The van der Waals surface area contributed by atoms with E-state index in [2.05, 4.69) is 20.8 Å². The molecule has 2 amide bonds. The fraction of sp³-hybridized carbons (Fsp3) is 0.333. The van der Waals surface area contributed by atoms with Gasteiger partial charge < -0.3 is 10.6 Å². The van der Waals surface area contributed by atoms with Gasteiger partial charge in [0.25, 0.3) is 0 Å². The van der Waals surface area contributed by atoms with E-state index in [0.717, 1.165) is 17.4 Å². The molecule has 134 valence electrons. The molecule has 0 spiro atoms. The van der Waals surface area contributed by atoms with Crippen LogP contribution in [0, 0.1) is 0 Å². The number of alkyl halides is 3. The normalized spacial score (nSPS) is 12.5. The number of rotatable bonds is 6. The smallest absolute Gasteiger partial charge is 0.350 e. The number of hydrogen-bond donors (Lipinski definition) is 2. The molecule has 1 atom stereocenters. The topological polar surface area (TPSA) is 84.0 Å². The van der Waals surface area contributed by atoms with Crippen LogP contribution in [0.1, 0.15) is 36.9 Å². The van der Waals surface area contributed by atoms with Gasteiger partial charge in [0.1, 0.15) is 5.51 Å². The van der Waals surface area contributed by atoms with Crippen LogP contribution in [0.2, 0.25) is 0 Å². The van der Waals surface area contributed by atoms with E-state index in [1.165, 1.54) is 30.6 Å². The molecule has 0 aliphatic heterocycles. The van der Waals surface area contributed by atoms with Gasteiger partial charge in [0.05, 0.1) is 11.6 Å². The molecule has 2 rings (SSSR count). The number of amides is 2. The lowest BCUT2D eigenvalue weighted by Gasteiger charge is -2.19. The summed E-state index contributed by atoms with van der Waals surface area (Å²) in [4.78, 5) is 23.6. The maximum Gasteiger partial charge on any atom is 0.416 e. The third-order valence-electron chi connectivity index (χ3n) is 3.30. The van der Waals surface area contributed by atoms with E-state index in [9.17, 15) is 22.8 Å². The Kier molecular flexibility index (Phi) is 6.07. The monoisotopic (exact) mass is 372 g/mol. The van der Waals surface area contributed by atoms with Gasteiger partial charge in [0, 0.05) is 12.8 Å². The first kappa shape index (κ1) is 18.8. The molecule has 0 fully saturated rings. The Morgan fingerprint density at radius 3 is 2.52 bits per heavy atom. The van der Waals surface area contributed by atoms with E-state index < -0.39 is 29.6 Å². The molecule has 2 aromatic rings. The lowest BCUT2D eigenvalue weighted by Crippen LogP contribution is -2.29. The fourth-order valence-electron chi connectivity index (χ4n) is 2.16. The number of aromatic nitrogens is 2. The second-order valence-electron chi connectivity index (χ2n) is 5.17. The van der Waals surface area contributed by atoms with Crippen LogP contribution in [0.4, 0.5) is 18.3 Å². The number of hydrogen-bond acceptors (Lipinski definition) is 5. The Hall–Kier alpha value is -2.49. The number of carbonyl (C=O) groups is 2. The minimum Gasteiger partial charge on any atom is -0.350 e. The molecule has 1 heterocycles. The second-order valence-corrected chi connectivity index (χ2v) is 6.00. The number of carbonyl (C=O) groups excluding carboxylic acids is 2. The van der Waals surface area contributed by atoms with Gasteiger partial charge in [-0.3, -0.25) is 9.59 Å². The second kappa shape index (κ2) is 8.06. The molecule has 10 heteroatoms. The van der Waals surface area contributed by atoms with E-state index in [0.29, 0.717) is 5.13 Å². The highest BCUT2D eigenvalue weighted by atomic mass is 32.1. The zero-order chi connectivity index (χ0) is 18.4. The number of anilines is 1. The summed E-state index contributed by atoms with van der Waals surface area (Å²) in [7, 11) is 0. The summed E-state index contributed by atoms with van der Waals surface area (Å²) in [5.41, 5.74) is 0.626. The predicted octanol–water partition coefficient (Wildman–Crippen LogP) is 3.15. The van der Waals surface area contributed by atoms with Crippen molar-refractivity contribution in [1.29, 1.82) is 0 Å². The van der Waals surface area contributed by atoms with E-state index in [1.54, 1.807) is 0 Å². The molecular weight excluding hydrogens is 357 g/mol. The molecular formula is C15H15F3N4O2S. The molecule has 0 radical (unpaired) electrons. The Morgan fingerprint density at radius 2 is 1.88 bits per heavy atom. The average molecular weight is 372 g/mol. The number of benzene rings is 1. The standard InChI is InChI=1S/C15H15F3N4O2S/c1-9(10-4-2-3-5-11(10)15(16,17)18)20-12(23)6-7-13(24)21-14-22-19-8-25-14/h2-5,8-9H,6-7H2,1H3,(H,20,23)(H,21,22,24). The van der Waals surface area contributed by atoms with Crippen molar-refractivity contribution in [2.24, 2.45) is 0 Å². The lowest BCUT2D eigenvalue weighted by molar-refractivity contribution is -0.138. The summed E-state index contributed by atoms with van der Waals surface area (Å²) in [6.07, 6.45) is -4.76. The highest BCUT2D eigenvalue weighted by Crippen LogP contribution is 2.34. The van der Waals surface area contributed by atoms with E-state index >= 15 is 0 Å². The zero-order valence-corrected chi connectivity index (χ0v) is 13.9. The Morgan fingerprint density at radius 1 is 1.20 bits per heavy atom. The average Bonchev–Trinajstić information content (AvgIpc) is 3.05. The van der Waals surface area contributed by atoms with Crippen LogP contribution < -0.4 is 10.6 Å². The SMILES string of the molecule is CC(NC(=O)CCC(=O)Nc1nncs1)c1ccccc1C(F)(F)F. The summed E-state index contributed by atoms with van der Waals surface area (Å²) < 4.78 is 39.0. The van der Waals surface area contributed by atoms with Crippen molar-refractivity contribution in [2.75, 3.05) is 5.32 Å². The first-order chi connectivity index (χ1) is 11.8. The van der Waals surface area contributed by atoms with Crippen molar-refractivity contribution in [2.45, 2.75) is 32.0 Å². The largest absolute Gasteiger partial charge is 0.416 e. The number of halogens is 3. The minimum atomic E-state index is -4.50. The Balaban J connectivity index is 1.89. The van der Waals surface area contributed by atoms with Crippen molar-refractivity contribution in [3.63, 3.8) is 0 Å². The van der Waals surface area contributed by atoms with Gasteiger partial charge >= 0.3 is 6.18 Å². The zero-order valence-electron chi connectivity index (χ0n) is 13.1. The lowest BCUT2D eigenvalue weighted by atomic mass is 10.0. The van der Waals surface area contributed by atoms with Crippen LogP contribution in [0.15, 0.2) is 29.8 Å². The van der Waals surface area contributed by atoms with Crippen LogP contribution >= 0.6 is 11.3 Å². The highest BCUT2D eigenvalue weighted by Gasteiger charge is 2.34. The third-order valence-corrected chi connectivity index (χ3v) is 3.90. The third kappa shape index (κ3) is 5.52. The van der Waals surface area contributed by atoms with Crippen LogP contribution in [0.5, 0.6) is 0 Å². The molecule has 1 aromatic carbocycles. The number of nitrogens with one attached hydrogen (secondary N) is 2. The van der Waals surface area contributed by atoms with Crippen LogP contribution in [0.25, 0.3) is 0 Å². The quantitative estimate of drug-likeness (QED) is 0.816. The van der Waals surface area contributed by atoms with Gasteiger partial charge in [-0.15, -0.1) is 10.2 Å². The van der Waals surface area contributed by atoms with Gasteiger partial charge in [-0.2, -0.15) is 13.2 Å². The molecule has 0 saturated heterocycles.